The van der Waals surface area contributed by atoms with Crippen LogP contribution in [0, 0.1) is 0 Å². The van der Waals surface area contributed by atoms with Crippen LogP contribution in [-0.4, -0.2) is 65.4 Å². The van der Waals surface area contributed by atoms with E-state index in [1.807, 2.05) is 6.92 Å². The van der Waals surface area contributed by atoms with E-state index in [0.29, 0.717) is 32.1 Å². The van der Waals surface area contributed by atoms with Gasteiger partial charge >= 0.3 is 0 Å². The Balaban J connectivity index is 1.82. The number of hydrogen-bond donors (Lipinski definition) is 1. The van der Waals surface area contributed by atoms with E-state index in [2.05, 4.69) is 26.8 Å². The quantitative estimate of drug-likeness (QED) is 0.829. The van der Waals surface area contributed by atoms with Crippen LogP contribution in [0.2, 0.25) is 0 Å². The maximum Gasteiger partial charge on any atom is 0.244 e. The first-order valence-electron chi connectivity index (χ1n) is 8.38. The minimum Gasteiger partial charge on any atom is -0.478 e. The molecule has 1 fully saturated rings. The molecule has 1 aliphatic rings. The van der Waals surface area contributed by atoms with E-state index in [-0.39, 0.29) is 10.9 Å². The molecule has 0 spiro atoms. The molecule has 0 aliphatic carbocycles. The van der Waals surface area contributed by atoms with E-state index < -0.39 is 10.0 Å². The number of aromatic amines is 1. The predicted molar refractivity (Wildman–Crippen MR) is 92.7 cm³/mol. The minimum atomic E-state index is -3.60. The van der Waals surface area contributed by atoms with Crippen molar-refractivity contribution in [2.24, 2.45) is 0 Å². The number of imidazole rings is 1. The Hall–Kier alpha value is -1.97. The first-order chi connectivity index (χ1) is 12.1. The summed E-state index contributed by atoms with van der Waals surface area (Å²) in [5.74, 6) is 1.21. The predicted octanol–water partition coefficient (Wildman–Crippen LogP) is 1.27. The van der Waals surface area contributed by atoms with Crippen LogP contribution < -0.4 is 4.74 Å². The molecular weight excluding hydrogens is 342 g/mol. The van der Waals surface area contributed by atoms with Gasteiger partial charge in [0.15, 0.2) is 0 Å². The Morgan fingerprint density at radius 2 is 2.12 bits per heavy atom. The molecule has 25 heavy (non-hydrogen) atoms. The number of nitrogens with zero attached hydrogens (tertiary/aromatic N) is 4. The van der Waals surface area contributed by atoms with Gasteiger partial charge in [-0.2, -0.15) is 4.31 Å². The molecule has 0 unspecified atom stereocenters. The van der Waals surface area contributed by atoms with Gasteiger partial charge in [0.1, 0.15) is 10.7 Å². The molecule has 0 aromatic carbocycles. The number of likely N-dealkylation sites (N-methyl/N-ethyl adjacent to an activating group) is 1. The minimum absolute atomic E-state index is 0.0841. The largest absolute Gasteiger partial charge is 0.478 e. The Morgan fingerprint density at radius 1 is 1.28 bits per heavy atom. The summed E-state index contributed by atoms with van der Waals surface area (Å²) in [5, 5.41) is 0. The molecule has 1 atom stereocenters. The highest BCUT2D eigenvalue weighted by molar-refractivity contribution is 7.89. The maximum absolute atomic E-state index is 13.0. The third-order valence-corrected chi connectivity index (χ3v) is 6.18. The van der Waals surface area contributed by atoms with Gasteiger partial charge in [-0.3, -0.25) is 4.90 Å². The first kappa shape index (κ1) is 17.8. The Morgan fingerprint density at radius 3 is 2.72 bits per heavy atom. The maximum atomic E-state index is 13.0. The highest BCUT2D eigenvalue weighted by Crippen LogP contribution is 2.27. The molecule has 2 aromatic rings. The summed E-state index contributed by atoms with van der Waals surface area (Å²) in [6.45, 7) is 6.71. The van der Waals surface area contributed by atoms with E-state index >= 15 is 0 Å². The molecule has 1 saturated heterocycles. The smallest absolute Gasteiger partial charge is 0.244 e. The van der Waals surface area contributed by atoms with E-state index in [0.717, 1.165) is 12.4 Å². The van der Waals surface area contributed by atoms with Crippen LogP contribution in [0.1, 0.15) is 25.7 Å². The standard InChI is InChI=1S/C16H23N5O3S/c1-3-20-9-10-21(12-14(20)16-17-7-8-18-16)25(22,23)13-5-6-15(19-11-13)24-4-2/h5-8,11,14H,3-4,9-10,12H2,1-2H3,(H,17,18)/t14-/m0/s1. The summed E-state index contributed by atoms with van der Waals surface area (Å²) >= 11 is 0. The molecule has 0 bridgehead atoms. The van der Waals surface area contributed by atoms with Crippen LogP contribution in [-0.2, 0) is 10.0 Å². The highest BCUT2D eigenvalue weighted by atomic mass is 32.2. The van der Waals surface area contributed by atoms with Crippen LogP contribution in [0.25, 0.3) is 0 Å². The molecule has 1 aliphatic heterocycles. The molecule has 3 heterocycles. The number of ether oxygens (including phenoxy) is 1. The number of sulfonamides is 1. The number of aromatic nitrogens is 3. The second-order valence-electron chi connectivity index (χ2n) is 5.75. The van der Waals surface area contributed by atoms with Crippen molar-refractivity contribution >= 4 is 10.0 Å². The van der Waals surface area contributed by atoms with Crippen LogP contribution >= 0.6 is 0 Å². The number of rotatable bonds is 6. The molecule has 0 radical (unpaired) electrons. The lowest BCUT2D eigenvalue weighted by Gasteiger charge is -2.39. The van der Waals surface area contributed by atoms with Gasteiger partial charge in [-0.1, -0.05) is 6.92 Å². The summed E-state index contributed by atoms with van der Waals surface area (Å²) in [6, 6.07) is 3.04. The average molecular weight is 365 g/mol. The van der Waals surface area contributed by atoms with Crippen molar-refractivity contribution in [2.45, 2.75) is 24.8 Å². The average Bonchev–Trinajstić information content (AvgIpc) is 3.16. The van der Waals surface area contributed by atoms with Crippen LogP contribution in [0.15, 0.2) is 35.6 Å². The number of H-pyrrole nitrogens is 1. The molecule has 1 N–H and O–H groups in total. The van der Waals surface area contributed by atoms with Crippen molar-refractivity contribution < 1.29 is 13.2 Å². The van der Waals surface area contributed by atoms with Crippen LogP contribution in [0.3, 0.4) is 0 Å². The fourth-order valence-electron chi connectivity index (χ4n) is 3.01. The number of nitrogens with one attached hydrogen (secondary N) is 1. The van der Waals surface area contributed by atoms with Gasteiger partial charge in [0.25, 0.3) is 0 Å². The van der Waals surface area contributed by atoms with Crippen molar-refractivity contribution in [3.8, 4) is 5.88 Å². The lowest BCUT2D eigenvalue weighted by Crippen LogP contribution is -2.50. The van der Waals surface area contributed by atoms with Gasteiger partial charge in [-0.25, -0.2) is 18.4 Å². The molecule has 0 amide bonds. The summed E-state index contributed by atoms with van der Waals surface area (Å²) in [7, 11) is -3.60. The van der Waals surface area contributed by atoms with Gasteiger partial charge in [-0.15, -0.1) is 0 Å². The van der Waals surface area contributed by atoms with Crippen molar-refractivity contribution in [1.82, 2.24) is 24.2 Å². The normalized spacial score (nSPS) is 19.8. The lowest BCUT2D eigenvalue weighted by molar-refractivity contribution is 0.119. The summed E-state index contributed by atoms with van der Waals surface area (Å²) in [6.07, 6.45) is 4.80. The fraction of sp³-hybridized carbons (Fsp3) is 0.500. The lowest BCUT2D eigenvalue weighted by atomic mass is 10.2. The van der Waals surface area contributed by atoms with E-state index in [4.69, 9.17) is 4.74 Å². The number of pyridine rings is 1. The Bertz CT molecular complexity index is 777. The second kappa shape index (κ2) is 7.51. The molecule has 136 valence electrons. The second-order valence-corrected chi connectivity index (χ2v) is 7.68. The Labute approximate surface area is 147 Å². The zero-order valence-electron chi connectivity index (χ0n) is 14.4. The molecular formula is C16H23N5O3S. The van der Waals surface area contributed by atoms with E-state index in [1.54, 1.807) is 24.5 Å². The van der Waals surface area contributed by atoms with Gasteiger partial charge in [0, 0.05) is 38.1 Å². The first-order valence-corrected chi connectivity index (χ1v) is 9.82. The summed E-state index contributed by atoms with van der Waals surface area (Å²) < 4.78 is 32.7. The molecule has 8 nitrogen and oxygen atoms in total. The van der Waals surface area contributed by atoms with Gasteiger partial charge in [0.05, 0.1) is 18.8 Å². The van der Waals surface area contributed by atoms with Gasteiger partial charge < -0.3 is 9.72 Å². The van der Waals surface area contributed by atoms with Crippen molar-refractivity contribution in [1.29, 1.82) is 0 Å². The SMILES string of the molecule is CCOc1ccc(S(=O)(=O)N2CCN(CC)[C@H](c3ncc[nH]3)C2)cn1. The van der Waals surface area contributed by atoms with E-state index in [9.17, 15) is 8.42 Å². The fourth-order valence-corrected chi connectivity index (χ4v) is 4.40. The molecule has 9 heteroatoms. The monoisotopic (exact) mass is 365 g/mol. The topological polar surface area (TPSA) is 91.4 Å². The third-order valence-electron chi connectivity index (χ3n) is 4.33. The van der Waals surface area contributed by atoms with Crippen molar-refractivity contribution in [3.05, 3.63) is 36.5 Å². The summed E-state index contributed by atoms with van der Waals surface area (Å²) in [5.41, 5.74) is 0. The Kier molecular flexibility index (Phi) is 5.36. The molecule has 2 aromatic heterocycles. The summed E-state index contributed by atoms with van der Waals surface area (Å²) in [4.78, 5) is 13.9. The van der Waals surface area contributed by atoms with Gasteiger partial charge in [-0.05, 0) is 19.5 Å². The zero-order valence-corrected chi connectivity index (χ0v) is 15.2. The van der Waals surface area contributed by atoms with Crippen LogP contribution in [0.5, 0.6) is 5.88 Å². The number of hydrogen-bond acceptors (Lipinski definition) is 6. The number of piperazine rings is 1. The third kappa shape index (κ3) is 3.68. The highest BCUT2D eigenvalue weighted by Gasteiger charge is 2.35. The van der Waals surface area contributed by atoms with Gasteiger partial charge in [0.2, 0.25) is 15.9 Å². The van der Waals surface area contributed by atoms with E-state index in [1.165, 1.54) is 10.5 Å². The zero-order chi connectivity index (χ0) is 17.9. The van der Waals surface area contributed by atoms with Crippen molar-refractivity contribution in [3.63, 3.8) is 0 Å². The van der Waals surface area contributed by atoms with Crippen LogP contribution in [0.4, 0.5) is 0 Å². The van der Waals surface area contributed by atoms with Crippen molar-refractivity contribution in [2.75, 3.05) is 32.8 Å². The molecule has 3 rings (SSSR count). The molecule has 0 saturated carbocycles.